The molecule has 0 spiro atoms. The average Bonchev–Trinajstić information content (AvgIpc) is 2.21. The van der Waals surface area contributed by atoms with Gasteiger partial charge < -0.3 is 5.32 Å². The molecule has 0 atom stereocenters. The Labute approximate surface area is 108 Å². The third-order valence-corrected chi connectivity index (χ3v) is 4.18. The number of hydrogen-bond acceptors (Lipinski definition) is 3. The highest BCUT2D eigenvalue weighted by Gasteiger charge is 2.15. The third-order valence-electron chi connectivity index (χ3n) is 2.42. The van der Waals surface area contributed by atoms with Crippen molar-refractivity contribution in [2.24, 2.45) is 0 Å². The molecule has 1 amide bonds. The maximum atomic E-state index is 11.7. The van der Waals surface area contributed by atoms with Crippen molar-refractivity contribution in [2.75, 3.05) is 10.0 Å². The van der Waals surface area contributed by atoms with E-state index in [1.807, 2.05) is 0 Å². The molecule has 0 bridgehead atoms. The first kappa shape index (κ1) is 14.5. The number of amides is 1. The van der Waals surface area contributed by atoms with Crippen LogP contribution in [0.2, 0.25) is 0 Å². The standard InChI is InChI=1S/C12H18N2O3S/c1-8(2)18(16,17)14-11-5-6-12(9(3)7-11)13-10(4)15/h5-8,14H,1-4H3,(H,13,15). The summed E-state index contributed by atoms with van der Waals surface area (Å²) in [6, 6.07) is 4.98. The van der Waals surface area contributed by atoms with E-state index in [2.05, 4.69) is 10.0 Å². The number of rotatable bonds is 4. The Balaban J connectivity index is 2.95. The van der Waals surface area contributed by atoms with Gasteiger partial charge in [-0.2, -0.15) is 0 Å². The van der Waals surface area contributed by atoms with Gasteiger partial charge >= 0.3 is 0 Å². The number of carbonyl (C=O) groups is 1. The molecule has 0 saturated carbocycles. The molecule has 0 saturated heterocycles. The fourth-order valence-electron chi connectivity index (χ4n) is 1.34. The highest BCUT2D eigenvalue weighted by Crippen LogP contribution is 2.21. The van der Waals surface area contributed by atoms with Crippen LogP contribution in [-0.2, 0) is 14.8 Å². The first-order valence-corrected chi connectivity index (χ1v) is 7.17. The molecule has 0 fully saturated rings. The van der Waals surface area contributed by atoms with Crippen LogP contribution in [0.1, 0.15) is 26.3 Å². The zero-order chi connectivity index (χ0) is 13.9. The molecule has 1 aromatic rings. The van der Waals surface area contributed by atoms with Crippen LogP contribution in [0.5, 0.6) is 0 Å². The maximum absolute atomic E-state index is 11.7. The average molecular weight is 270 g/mol. The van der Waals surface area contributed by atoms with Gasteiger partial charge in [0.1, 0.15) is 0 Å². The van der Waals surface area contributed by atoms with E-state index in [4.69, 9.17) is 0 Å². The molecule has 0 radical (unpaired) electrons. The van der Waals surface area contributed by atoms with E-state index in [0.717, 1.165) is 5.56 Å². The lowest BCUT2D eigenvalue weighted by Gasteiger charge is -2.13. The molecule has 100 valence electrons. The van der Waals surface area contributed by atoms with E-state index in [1.54, 1.807) is 39.0 Å². The molecule has 1 aromatic carbocycles. The Morgan fingerprint density at radius 3 is 2.33 bits per heavy atom. The van der Waals surface area contributed by atoms with Crippen molar-refractivity contribution in [3.63, 3.8) is 0 Å². The summed E-state index contributed by atoms with van der Waals surface area (Å²) in [4.78, 5) is 10.9. The summed E-state index contributed by atoms with van der Waals surface area (Å²) in [7, 11) is -3.34. The second-order valence-corrected chi connectivity index (χ2v) is 6.64. The highest BCUT2D eigenvalue weighted by atomic mass is 32.2. The largest absolute Gasteiger partial charge is 0.326 e. The molecule has 0 aliphatic carbocycles. The van der Waals surface area contributed by atoms with Crippen LogP contribution in [0, 0.1) is 6.92 Å². The van der Waals surface area contributed by atoms with Gasteiger partial charge in [0.25, 0.3) is 0 Å². The Bertz CT molecular complexity index is 550. The number of hydrogen-bond donors (Lipinski definition) is 2. The van der Waals surface area contributed by atoms with E-state index >= 15 is 0 Å². The van der Waals surface area contributed by atoms with Gasteiger partial charge in [-0.15, -0.1) is 0 Å². The fourth-order valence-corrected chi connectivity index (χ4v) is 2.03. The lowest BCUT2D eigenvalue weighted by Crippen LogP contribution is -2.22. The predicted octanol–water partition coefficient (Wildman–Crippen LogP) is 2.10. The molecule has 0 aliphatic rings. The molecule has 0 unspecified atom stereocenters. The second kappa shape index (κ2) is 5.39. The van der Waals surface area contributed by atoms with E-state index < -0.39 is 15.3 Å². The molecule has 18 heavy (non-hydrogen) atoms. The zero-order valence-corrected chi connectivity index (χ0v) is 11.8. The molecule has 0 heterocycles. The Morgan fingerprint density at radius 2 is 1.89 bits per heavy atom. The number of aryl methyl sites for hydroxylation is 1. The van der Waals surface area contributed by atoms with Crippen molar-refractivity contribution < 1.29 is 13.2 Å². The van der Waals surface area contributed by atoms with Gasteiger partial charge in [-0.05, 0) is 44.5 Å². The Hall–Kier alpha value is -1.56. The number of nitrogens with one attached hydrogen (secondary N) is 2. The lowest BCUT2D eigenvalue weighted by molar-refractivity contribution is -0.114. The van der Waals surface area contributed by atoms with Crippen LogP contribution in [-0.4, -0.2) is 19.6 Å². The van der Waals surface area contributed by atoms with E-state index in [1.165, 1.54) is 6.92 Å². The van der Waals surface area contributed by atoms with Crippen molar-refractivity contribution in [1.82, 2.24) is 0 Å². The highest BCUT2D eigenvalue weighted by molar-refractivity contribution is 7.93. The third kappa shape index (κ3) is 3.73. The summed E-state index contributed by atoms with van der Waals surface area (Å²) in [6.07, 6.45) is 0. The normalized spacial score (nSPS) is 11.4. The van der Waals surface area contributed by atoms with Gasteiger partial charge in [-0.3, -0.25) is 9.52 Å². The summed E-state index contributed by atoms with van der Waals surface area (Å²) in [5, 5.41) is 2.18. The van der Waals surface area contributed by atoms with Gasteiger partial charge in [-0.25, -0.2) is 8.42 Å². The molecule has 5 nitrogen and oxygen atoms in total. The monoisotopic (exact) mass is 270 g/mol. The smallest absolute Gasteiger partial charge is 0.235 e. The summed E-state index contributed by atoms with van der Waals surface area (Å²) < 4.78 is 25.9. The van der Waals surface area contributed by atoms with Gasteiger partial charge in [0.15, 0.2) is 0 Å². The van der Waals surface area contributed by atoms with Gasteiger partial charge in [0, 0.05) is 18.3 Å². The van der Waals surface area contributed by atoms with Gasteiger partial charge in [0.05, 0.1) is 5.25 Å². The zero-order valence-electron chi connectivity index (χ0n) is 10.9. The van der Waals surface area contributed by atoms with Crippen LogP contribution in [0.25, 0.3) is 0 Å². The minimum atomic E-state index is -3.34. The molecule has 6 heteroatoms. The van der Waals surface area contributed by atoms with Crippen molar-refractivity contribution in [2.45, 2.75) is 32.9 Å². The van der Waals surface area contributed by atoms with Gasteiger partial charge in [-0.1, -0.05) is 0 Å². The van der Waals surface area contributed by atoms with E-state index in [-0.39, 0.29) is 5.91 Å². The number of sulfonamides is 1. The summed E-state index contributed by atoms with van der Waals surface area (Å²) in [5.41, 5.74) is 1.97. The first-order chi connectivity index (χ1) is 8.22. The van der Waals surface area contributed by atoms with Gasteiger partial charge in [0.2, 0.25) is 15.9 Å². The topological polar surface area (TPSA) is 75.3 Å². The lowest BCUT2D eigenvalue weighted by atomic mass is 10.2. The maximum Gasteiger partial charge on any atom is 0.235 e. The van der Waals surface area contributed by atoms with Crippen LogP contribution < -0.4 is 10.0 Å². The first-order valence-electron chi connectivity index (χ1n) is 5.62. The van der Waals surface area contributed by atoms with E-state index in [9.17, 15) is 13.2 Å². The van der Waals surface area contributed by atoms with E-state index in [0.29, 0.717) is 11.4 Å². The fraction of sp³-hybridized carbons (Fsp3) is 0.417. The molecule has 2 N–H and O–H groups in total. The Kier molecular flexibility index (Phi) is 4.34. The molecule has 1 rings (SSSR count). The van der Waals surface area contributed by atoms with Crippen LogP contribution in [0.3, 0.4) is 0 Å². The molecular weight excluding hydrogens is 252 g/mol. The van der Waals surface area contributed by atoms with Crippen molar-refractivity contribution in [3.05, 3.63) is 23.8 Å². The Morgan fingerprint density at radius 1 is 1.28 bits per heavy atom. The summed E-state index contributed by atoms with van der Waals surface area (Å²) in [6.45, 7) is 6.45. The summed E-state index contributed by atoms with van der Waals surface area (Å²) in [5.74, 6) is -0.159. The van der Waals surface area contributed by atoms with Crippen LogP contribution in [0.15, 0.2) is 18.2 Å². The van der Waals surface area contributed by atoms with Crippen molar-refractivity contribution in [1.29, 1.82) is 0 Å². The summed E-state index contributed by atoms with van der Waals surface area (Å²) >= 11 is 0. The quantitative estimate of drug-likeness (QED) is 0.879. The number of carbonyl (C=O) groups excluding carboxylic acids is 1. The molecular formula is C12H18N2O3S. The van der Waals surface area contributed by atoms with Crippen LogP contribution in [0.4, 0.5) is 11.4 Å². The van der Waals surface area contributed by atoms with Crippen molar-refractivity contribution >= 4 is 27.3 Å². The number of anilines is 2. The minimum absolute atomic E-state index is 0.159. The van der Waals surface area contributed by atoms with Crippen molar-refractivity contribution in [3.8, 4) is 0 Å². The minimum Gasteiger partial charge on any atom is -0.326 e. The SMILES string of the molecule is CC(=O)Nc1ccc(NS(=O)(=O)C(C)C)cc1C. The predicted molar refractivity (Wildman–Crippen MR) is 73.2 cm³/mol. The number of benzene rings is 1. The molecule has 0 aliphatic heterocycles. The van der Waals surface area contributed by atoms with Crippen LogP contribution >= 0.6 is 0 Å². The second-order valence-electron chi connectivity index (χ2n) is 4.41. The molecule has 0 aromatic heterocycles.